The van der Waals surface area contributed by atoms with Gasteiger partial charge in [0.05, 0.1) is 0 Å². The van der Waals surface area contributed by atoms with Crippen LogP contribution in [0.25, 0.3) is 0 Å². The summed E-state index contributed by atoms with van der Waals surface area (Å²) in [5.41, 5.74) is 5.81. The summed E-state index contributed by atoms with van der Waals surface area (Å²) < 4.78 is 0. The van der Waals surface area contributed by atoms with Crippen LogP contribution in [0.1, 0.15) is 5.56 Å². The van der Waals surface area contributed by atoms with Crippen LogP contribution in [-0.4, -0.2) is 15.2 Å². The molecule has 0 unspecified atom stereocenters. The van der Waals surface area contributed by atoms with Crippen molar-refractivity contribution >= 4 is 17.2 Å². The van der Waals surface area contributed by atoms with Crippen LogP contribution in [0, 0.1) is 0 Å². The van der Waals surface area contributed by atoms with Crippen molar-refractivity contribution in [3.63, 3.8) is 0 Å². The average molecular weight is 169 g/mol. The van der Waals surface area contributed by atoms with E-state index in [1.807, 2.05) is 0 Å². The molecule has 4 heteroatoms. The lowest BCUT2D eigenvalue weighted by molar-refractivity contribution is 0.403. The summed E-state index contributed by atoms with van der Waals surface area (Å²) in [5.74, 6) is -0.389. The maximum absolute atomic E-state index is 8.98. The summed E-state index contributed by atoms with van der Waals surface area (Å²) >= 11 is 4.65. The summed E-state index contributed by atoms with van der Waals surface area (Å²) in [5, 5.41) is 17.9. The molecule has 0 aliphatic carbocycles. The van der Waals surface area contributed by atoms with Crippen molar-refractivity contribution in [3.8, 4) is 11.5 Å². The summed E-state index contributed by atoms with van der Waals surface area (Å²) in [4.78, 5) is 0.195. The van der Waals surface area contributed by atoms with E-state index in [4.69, 9.17) is 15.9 Å². The molecule has 0 spiro atoms. The van der Waals surface area contributed by atoms with E-state index < -0.39 is 0 Å². The van der Waals surface area contributed by atoms with E-state index in [0.29, 0.717) is 5.56 Å². The van der Waals surface area contributed by atoms with Gasteiger partial charge in [-0.1, -0.05) is 12.2 Å². The molecule has 0 saturated carbocycles. The van der Waals surface area contributed by atoms with E-state index in [9.17, 15) is 0 Å². The monoisotopic (exact) mass is 169 g/mol. The lowest BCUT2D eigenvalue weighted by Crippen LogP contribution is -2.08. The van der Waals surface area contributed by atoms with E-state index in [1.54, 1.807) is 0 Å². The van der Waals surface area contributed by atoms with Crippen LogP contribution in [0.2, 0.25) is 0 Å². The first-order chi connectivity index (χ1) is 5.11. The lowest BCUT2D eigenvalue weighted by atomic mass is 10.2. The highest BCUT2D eigenvalue weighted by Crippen LogP contribution is 2.24. The van der Waals surface area contributed by atoms with Crippen LogP contribution < -0.4 is 5.73 Å². The zero-order chi connectivity index (χ0) is 8.43. The number of thiocarbonyl (C=S) groups is 1. The molecule has 0 aliphatic heterocycles. The second kappa shape index (κ2) is 2.75. The minimum Gasteiger partial charge on any atom is -0.504 e. The molecule has 1 rings (SSSR count). The Bertz CT molecular complexity index is 298. The molecule has 0 saturated heterocycles. The Morgan fingerprint density at radius 1 is 1.27 bits per heavy atom. The highest BCUT2D eigenvalue weighted by Gasteiger charge is 2.01. The molecule has 3 nitrogen and oxygen atoms in total. The number of nitrogens with two attached hydrogens (primary N) is 1. The maximum Gasteiger partial charge on any atom is 0.158 e. The van der Waals surface area contributed by atoms with Crippen molar-refractivity contribution in [2.75, 3.05) is 0 Å². The third kappa shape index (κ3) is 1.59. The van der Waals surface area contributed by atoms with Gasteiger partial charge in [0.15, 0.2) is 11.5 Å². The summed E-state index contributed by atoms with van der Waals surface area (Å²) in [6.07, 6.45) is 0. The number of hydrogen-bond acceptors (Lipinski definition) is 3. The SMILES string of the molecule is NC(=S)c1ccc(O)c(O)c1. The Hall–Kier alpha value is -1.29. The predicted octanol–water partition coefficient (Wildman–Crippen LogP) is 0.732. The smallest absolute Gasteiger partial charge is 0.158 e. The minimum absolute atomic E-state index is 0.176. The maximum atomic E-state index is 8.98. The van der Waals surface area contributed by atoms with Crippen molar-refractivity contribution in [3.05, 3.63) is 23.8 Å². The number of phenolic OH excluding ortho intramolecular Hbond substituents is 2. The van der Waals surface area contributed by atoms with Gasteiger partial charge in [-0.15, -0.1) is 0 Å². The molecule has 0 aromatic heterocycles. The Morgan fingerprint density at radius 2 is 1.91 bits per heavy atom. The Morgan fingerprint density at radius 3 is 2.36 bits per heavy atom. The van der Waals surface area contributed by atoms with E-state index >= 15 is 0 Å². The molecule has 0 amide bonds. The Labute approximate surface area is 69.1 Å². The van der Waals surface area contributed by atoms with Crippen molar-refractivity contribution in [2.45, 2.75) is 0 Å². The standard InChI is InChI=1S/C7H7NO2S/c8-7(11)4-1-2-5(9)6(10)3-4/h1-3,9-10H,(H2,8,11). The highest BCUT2D eigenvalue weighted by molar-refractivity contribution is 7.80. The van der Waals surface area contributed by atoms with Gasteiger partial charge in [0.1, 0.15) is 4.99 Å². The molecule has 1 aromatic carbocycles. The number of rotatable bonds is 1. The topological polar surface area (TPSA) is 66.5 Å². The van der Waals surface area contributed by atoms with Crippen molar-refractivity contribution in [1.82, 2.24) is 0 Å². The van der Waals surface area contributed by atoms with Gasteiger partial charge in [-0.05, 0) is 18.2 Å². The fraction of sp³-hybridized carbons (Fsp3) is 0. The van der Waals surface area contributed by atoms with Gasteiger partial charge in [0.25, 0.3) is 0 Å². The van der Waals surface area contributed by atoms with E-state index in [2.05, 4.69) is 12.2 Å². The molecule has 0 bridgehead atoms. The third-order valence-electron chi connectivity index (χ3n) is 1.26. The van der Waals surface area contributed by atoms with Gasteiger partial charge in [0, 0.05) is 5.56 Å². The zero-order valence-corrected chi connectivity index (χ0v) is 6.43. The van der Waals surface area contributed by atoms with E-state index in [0.717, 1.165) is 0 Å². The minimum atomic E-state index is -0.213. The third-order valence-corrected chi connectivity index (χ3v) is 1.50. The van der Waals surface area contributed by atoms with Gasteiger partial charge >= 0.3 is 0 Å². The van der Waals surface area contributed by atoms with Gasteiger partial charge < -0.3 is 15.9 Å². The summed E-state index contributed by atoms with van der Waals surface area (Å²) in [6, 6.07) is 4.19. The van der Waals surface area contributed by atoms with E-state index in [-0.39, 0.29) is 16.5 Å². The molecule has 0 aliphatic rings. The fourth-order valence-electron chi connectivity index (χ4n) is 0.677. The fourth-order valence-corrected chi connectivity index (χ4v) is 0.804. The van der Waals surface area contributed by atoms with Crippen LogP contribution >= 0.6 is 12.2 Å². The first-order valence-corrected chi connectivity index (χ1v) is 3.34. The Balaban J connectivity index is 3.15. The normalized spacial score (nSPS) is 9.45. The van der Waals surface area contributed by atoms with Crippen LogP contribution in [-0.2, 0) is 0 Å². The van der Waals surface area contributed by atoms with E-state index in [1.165, 1.54) is 18.2 Å². The number of benzene rings is 1. The van der Waals surface area contributed by atoms with Crippen LogP contribution in [0.5, 0.6) is 11.5 Å². The van der Waals surface area contributed by atoms with Gasteiger partial charge in [0.2, 0.25) is 0 Å². The van der Waals surface area contributed by atoms with Gasteiger partial charge in [-0.2, -0.15) is 0 Å². The average Bonchev–Trinajstić information content (AvgIpc) is 1.94. The Kier molecular flexibility index (Phi) is 1.96. The quantitative estimate of drug-likeness (QED) is 0.428. The van der Waals surface area contributed by atoms with Gasteiger partial charge in [-0.25, -0.2) is 0 Å². The van der Waals surface area contributed by atoms with Gasteiger partial charge in [-0.3, -0.25) is 0 Å². The molecule has 0 fully saturated rings. The molecule has 0 heterocycles. The second-order valence-electron chi connectivity index (χ2n) is 2.07. The zero-order valence-electron chi connectivity index (χ0n) is 5.61. The molecule has 4 N–H and O–H groups in total. The number of phenols is 2. The molecule has 11 heavy (non-hydrogen) atoms. The first kappa shape index (κ1) is 7.81. The lowest BCUT2D eigenvalue weighted by Gasteiger charge is -1.99. The van der Waals surface area contributed by atoms with Crippen LogP contribution in [0.4, 0.5) is 0 Å². The molecule has 58 valence electrons. The molecular weight excluding hydrogens is 162 g/mol. The molecular formula is C7H7NO2S. The molecule has 0 radical (unpaired) electrons. The highest BCUT2D eigenvalue weighted by atomic mass is 32.1. The number of aromatic hydroxyl groups is 2. The summed E-state index contributed by atoms with van der Waals surface area (Å²) in [6.45, 7) is 0. The summed E-state index contributed by atoms with van der Waals surface area (Å²) in [7, 11) is 0. The molecule has 1 aromatic rings. The largest absolute Gasteiger partial charge is 0.504 e. The van der Waals surface area contributed by atoms with Crippen molar-refractivity contribution in [2.24, 2.45) is 5.73 Å². The van der Waals surface area contributed by atoms with Crippen LogP contribution in [0.15, 0.2) is 18.2 Å². The predicted molar refractivity (Wildman–Crippen MR) is 45.7 cm³/mol. The molecule has 0 atom stereocenters. The second-order valence-corrected chi connectivity index (χ2v) is 2.51. The first-order valence-electron chi connectivity index (χ1n) is 2.93. The van der Waals surface area contributed by atoms with Crippen molar-refractivity contribution < 1.29 is 10.2 Å². The number of hydrogen-bond donors (Lipinski definition) is 3. The van der Waals surface area contributed by atoms with Crippen LogP contribution in [0.3, 0.4) is 0 Å². The van der Waals surface area contributed by atoms with Crippen molar-refractivity contribution in [1.29, 1.82) is 0 Å².